The average Bonchev–Trinajstić information content (AvgIpc) is 2.35. The van der Waals surface area contributed by atoms with Crippen LogP contribution < -0.4 is 0 Å². The molecule has 6 heteroatoms. The van der Waals surface area contributed by atoms with Crippen LogP contribution in [0.5, 0.6) is 0 Å². The average molecular weight is 287 g/mol. The quantitative estimate of drug-likeness (QED) is 0.860. The summed E-state index contributed by atoms with van der Waals surface area (Å²) in [7, 11) is 1.48. The fourth-order valence-corrected chi connectivity index (χ4v) is 2.55. The van der Waals surface area contributed by atoms with Gasteiger partial charge in [0.25, 0.3) is 0 Å². The van der Waals surface area contributed by atoms with Gasteiger partial charge in [0.15, 0.2) is 0 Å². The predicted molar refractivity (Wildman–Crippen MR) is 73.6 cm³/mol. The number of likely N-dealkylation sites (tertiary alicyclic amines) is 1. The summed E-state index contributed by atoms with van der Waals surface area (Å²) >= 11 is 0. The standard InChI is InChI=1S/C14H25NO5/c1-6-14(11(16)17)7-8-15(9-10(14)19-5)12(18)20-13(2,3)4/h10H,6-9H2,1-5H3,(H,16,17)/t10-,14+/m0/s1. The summed E-state index contributed by atoms with van der Waals surface area (Å²) in [5.74, 6) is -0.865. The van der Waals surface area contributed by atoms with Crippen molar-refractivity contribution in [2.45, 2.75) is 52.2 Å². The van der Waals surface area contributed by atoms with Gasteiger partial charge in [-0.25, -0.2) is 4.79 Å². The highest BCUT2D eigenvalue weighted by Gasteiger charge is 2.49. The number of methoxy groups -OCH3 is 1. The van der Waals surface area contributed by atoms with Crippen LogP contribution >= 0.6 is 0 Å². The van der Waals surface area contributed by atoms with Gasteiger partial charge in [-0.05, 0) is 33.6 Å². The third-order valence-corrected chi connectivity index (χ3v) is 3.82. The number of ether oxygens (including phenoxy) is 2. The first-order chi connectivity index (χ1) is 9.16. The lowest BCUT2D eigenvalue weighted by atomic mass is 9.74. The van der Waals surface area contributed by atoms with Gasteiger partial charge in [-0.1, -0.05) is 6.92 Å². The lowest BCUT2D eigenvalue weighted by Gasteiger charge is -2.43. The summed E-state index contributed by atoms with van der Waals surface area (Å²) in [5, 5.41) is 9.49. The van der Waals surface area contributed by atoms with Crippen molar-refractivity contribution in [1.29, 1.82) is 0 Å². The van der Waals surface area contributed by atoms with E-state index in [2.05, 4.69) is 0 Å². The van der Waals surface area contributed by atoms with Gasteiger partial charge in [-0.3, -0.25) is 4.79 Å². The van der Waals surface area contributed by atoms with E-state index in [-0.39, 0.29) is 6.54 Å². The van der Waals surface area contributed by atoms with Gasteiger partial charge in [0.2, 0.25) is 0 Å². The number of nitrogens with zero attached hydrogens (tertiary/aromatic N) is 1. The number of carboxylic acids is 1. The van der Waals surface area contributed by atoms with Crippen molar-refractivity contribution in [3.8, 4) is 0 Å². The molecule has 0 radical (unpaired) electrons. The molecule has 0 aromatic heterocycles. The minimum atomic E-state index is -0.923. The van der Waals surface area contributed by atoms with Crippen LogP contribution in [0.15, 0.2) is 0 Å². The molecule has 1 heterocycles. The van der Waals surface area contributed by atoms with Crippen LogP contribution in [0.3, 0.4) is 0 Å². The number of rotatable bonds is 3. The van der Waals surface area contributed by atoms with E-state index in [1.54, 1.807) is 20.8 Å². The zero-order chi connectivity index (χ0) is 15.6. The molecule has 0 aliphatic carbocycles. The van der Waals surface area contributed by atoms with Crippen LogP contribution in [0, 0.1) is 5.41 Å². The number of carbonyl (C=O) groups is 2. The molecule has 0 aromatic rings. The summed E-state index contributed by atoms with van der Waals surface area (Å²) in [6.07, 6.45) is -0.0968. The van der Waals surface area contributed by atoms with Gasteiger partial charge >= 0.3 is 12.1 Å². The number of piperidine rings is 1. The second-order valence-electron chi connectivity index (χ2n) is 6.22. The molecule has 0 bridgehead atoms. The van der Waals surface area contributed by atoms with Crippen molar-refractivity contribution in [1.82, 2.24) is 4.90 Å². The second-order valence-corrected chi connectivity index (χ2v) is 6.22. The van der Waals surface area contributed by atoms with Gasteiger partial charge in [-0.15, -0.1) is 0 Å². The zero-order valence-electron chi connectivity index (χ0n) is 12.9. The Balaban J connectivity index is 2.82. The second kappa shape index (κ2) is 5.99. The summed E-state index contributed by atoms with van der Waals surface area (Å²) in [6.45, 7) is 7.85. The Morgan fingerprint density at radius 3 is 2.40 bits per heavy atom. The van der Waals surface area contributed by atoms with Crippen LogP contribution in [0.2, 0.25) is 0 Å². The first-order valence-corrected chi connectivity index (χ1v) is 6.90. The number of carbonyl (C=O) groups excluding carboxylic acids is 1. The van der Waals surface area contributed by atoms with Gasteiger partial charge in [0.1, 0.15) is 5.60 Å². The molecule has 1 rings (SSSR count). The molecule has 116 valence electrons. The zero-order valence-corrected chi connectivity index (χ0v) is 12.9. The number of amides is 1. The van der Waals surface area contributed by atoms with Crippen LogP contribution in [0.4, 0.5) is 4.79 Å². The minimum absolute atomic E-state index is 0.242. The summed E-state index contributed by atoms with van der Waals surface area (Å²) in [5.41, 5.74) is -1.49. The molecule has 0 aromatic carbocycles. The van der Waals surface area contributed by atoms with E-state index in [4.69, 9.17) is 9.47 Å². The molecule has 1 N–H and O–H groups in total. The third kappa shape index (κ3) is 3.42. The molecular weight excluding hydrogens is 262 g/mol. The lowest BCUT2D eigenvalue weighted by Crippen LogP contribution is -2.57. The Bertz CT molecular complexity index is 376. The summed E-state index contributed by atoms with van der Waals surface area (Å²) in [6, 6.07) is 0. The Kier molecular flexibility index (Phi) is 5.02. The SMILES string of the molecule is CC[C@@]1(C(=O)O)CCN(C(=O)OC(C)(C)C)C[C@@H]1OC. The van der Waals surface area contributed by atoms with Crippen LogP contribution in [-0.2, 0) is 14.3 Å². The van der Waals surface area contributed by atoms with Gasteiger partial charge in [-0.2, -0.15) is 0 Å². The van der Waals surface area contributed by atoms with Crippen molar-refractivity contribution >= 4 is 12.1 Å². The smallest absolute Gasteiger partial charge is 0.410 e. The Labute approximate surface area is 120 Å². The maximum Gasteiger partial charge on any atom is 0.410 e. The van der Waals surface area contributed by atoms with Crippen molar-refractivity contribution in [2.75, 3.05) is 20.2 Å². The van der Waals surface area contributed by atoms with Gasteiger partial charge < -0.3 is 19.5 Å². The molecule has 1 aliphatic heterocycles. The molecule has 20 heavy (non-hydrogen) atoms. The molecule has 0 unspecified atom stereocenters. The van der Waals surface area contributed by atoms with Crippen molar-refractivity contribution in [3.05, 3.63) is 0 Å². The predicted octanol–water partition coefficient (Wildman–Crippen LogP) is 2.12. The van der Waals surface area contributed by atoms with E-state index < -0.39 is 29.2 Å². The Morgan fingerprint density at radius 1 is 1.40 bits per heavy atom. The maximum atomic E-state index is 12.0. The van der Waals surface area contributed by atoms with Gasteiger partial charge in [0.05, 0.1) is 18.1 Å². The molecule has 0 saturated carbocycles. The Morgan fingerprint density at radius 2 is 2.00 bits per heavy atom. The van der Waals surface area contributed by atoms with Crippen LogP contribution in [-0.4, -0.2) is 54.0 Å². The van der Waals surface area contributed by atoms with Crippen LogP contribution in [0.25, 0.3) is 0 Å². The third-order valence-electron chi connectivity index (χ3n) is 3.82. The van der Waals surface area contributed by atoms with Gasteiger partial charge in [0, 0.05) is 13.7 Å². The summed E-state index contributed by atoms with van der Waals surface area (Å²) in [4.78, 5) is 25.1. The number of aliphatic carboxylic acids is 1. The Hall–Kier alpha value is -1.30. The van der Waals surface area contributed by atoms with E-state index in [0.29, 0.717) is 19.4 Å². The molecule has 1 amide bonds. The fraction of sp³-hybridized carbons (Fsp3) is 0.857. The topological polar surface area (TPSA) is 76.1 Å². The monoisotopic (exact) mass is 287 g/mol. The van der Waals surface area contributed by atoms with E-state index in [1.807, 2.05) is 6.92 Å². The normalized spacial score (nSPS) is 27.2. The fourth-order valence-electron chi connectivity index (χ4n) is 2.55. The molecule has 2 atom stereocenters. The van der Waals surface area contributed by atoms with E-state index in [1.165, 1.54) is 12.0 Å². The molecular formula is C14H25NO5. The maximum absolute atomic E-state index is 12.0. The highest BCUT2D eigenvalue weighted by Crippen LogP contribution is 2.37. The highest BCUT2D eigenvalue weighted by molar-refractivity contribution is 5.76. The largest absolute Gasteiger partial charge is 0.481 e. The first kappa shape index (κ1) is 16.8. The molecule has 0 spiro atoms. The number of hydrogen-bond acceptors (Lipinski definition) is 4. The highest BCUT2D eigenvalue weighted by atomic mass is 16.6. The lowest BCUT2D eigenvalue weighted by molar-refractivity contribution is -0.165. The molecule has 1 saturated heterocycles. The number of hydrogen-bond donors (Lipinski definition) is 1. The van der Waals surface area contributed by atoms with E-state index in [9.17, 15) is 14.7 Å². The van der Waals surface area contributed by atoms with E-state index in [0.717, 1.165) is 0 Å². The summed E-state index contributed by atoms with van der Waals surface area (Å²) < 4.78 is 10.7. The van der Waals surface area contributed by atoms with Crippen molar-refractivity contribution in [2.24, 2.45) is 5.41 Å². The molecule has 1 aliphatic rings. The van der Waals surface area contributed by atoms with Crippen molar-refractivity contribution < 1.29 is 24.2 Å². The molecule has 1 fully saturated rings. The minimum Gasteiger partial charge on any atom is -0.481 e. The van der Waals surface area contributed by atoms with E-state index >= 15 is 0 Å². The first-order valence-electron chi connectivity index (χ1n) is 6.90. The number of carboxylic acid groups (broad SMARTS) is 1. The molecule has 6 nitrogen and oxygen atoms in total. The van der Waals surface area contributed by atoms with Crippen molar-refractivity contribution in [3.63, 3.8) is 0 Å². The van der Waals surface area contributed by atoms with Crippen LogP contribution in [0.1, 0.15) is 40.5 Å².